The number of piperazine rings is 1. The topological polar surface area (TPSA) is 64.4 Å². The number of rotatable bonds is 5. The van der Waals surface area contributed by atoms with Gasteiger partial charge in [0, 0.05) is 42.5 Å². The van der Waals surface area contributed by atoms with Gasteiger partial charge in [0.15, 0.2) is 0 Å². The van der Waals surface area contributed by atoms with Crippen LogP contribution in [0.2, 0.25) is 0 Å². The second-order valence-corrected chi connectivity index (χ2v) is 10.2. The highest BCUT2D eigenvalue weighted by Crippen LogP contribution is 2.29. The molecular weight excluding hydrogens is 421 g/mol. The van der Waals surface area contributed by atoms with Crippen molar-refractivity contribution in [2.45, 2.75) is 11.4 Å². The molecule has 1 aliphatic heterocycles. The van der Waals surface area contributed by atoms with Crippen molar-refractivity contribution in [2.75, 3.05) is 26.2 Å². The van der Waals surface area contributed by atoms with E-state index in [9.17, 15) is 12.8 Å². The summed E-state index contributed by atoms with van der Waals surface area (Å²) < 4.78 is 40.7. The Morgan fingerprint density at radius 3 is 2.50 bits per heavy atom. The Kier molecular flexibility index (Phi) is 5.97. The maximum Gasteiger partial charge on any atom is 0.243 e. The fraction of sp³-hybridized carbons (Fsp3) is 0.227. The predicted molar refractivity (Wildman–Crippen MR) is 115 cm³/mol. The Bertz CT molecular complexity index is 1190. The van der Waals surface area contributed by atoms with Crippen LogP contribution in [0.25, 0.3) is 10.4 Å². The zero-order valence-corrected chi connectivity index (χ0v) is 17.8. The summed E-state index contributed by atoms with van der Waals surface area (Å²) in [4.78, 5) is 4.56. The molecule has 0 N–H and O–H groups in total. The maximum absolute atomic E-state index is 13.5. The van der Waals surface area contributed by atoms with E-state index < -0.39 is 10.0 Å². The van der Waals surface area contributed by atoms with Crippen LogP contribution in [0.3, 0.4) is 0 Å². The van der Waals surface area contributed by atoms with Gasteiger partial charge in [-0.3, -0.25) is 4.90 Å². The van der Waals surface area contributed by atoms with Crippen molar-refractivity contribution >= 4 is 21.4 Å². The molecule has 0 bridgehead atoms. The van der Waals surface area contributed by atoms with Crippen molar-refractivity contribution in [3.63, 3.8) is 0 Å². The first-order valence-corrected chi connectivity index (χ1v) is 11.8. The zero-order valence-electron chi connectivity index (χ0n) is 16.2. The highest BCUT2D eigenvalue weighted by molar-refractivity contribution is 7.89. The van der Waals surface area contributed by atoms with E-state index in [0.29, 0.717) is 31.7 Å². The Morgan fingerprint density at radius 2 is 1.77 bits per heavy atom. The molecule has 1 fully saturated rings. The van der Waals surface area contributed by atoms with E-state index >= 15 is 0 Å². The van der Waals surface area contributed by atoms with Crippen molar-refractivity contribution in [1.29, 1.82) is 5.26 Å². The second-order valence-electron chi connectivity index (χ2n) is 7.10. The standard InChI is InChI=1S/C22H20FN3O2S2/c23-19-5-2-4-18(14-19)22-8-7-20(29-22)16-25-9-11-26(12-10-25)30(27,28)21-6-1-3-17(13-21)15-24/h1-8,13-14H,9-12,16H2. The summed E-state index contributed by atoms with van der Waals surface area (Å²) in [5.74, 6) is -0.250. The first-order chi connectivity index (χ1) is 14.5. The lowest BCUT2D eigenvalue weighted by Gasteiger charge is -2.33. The van der Waals surface area contributed by atoms with E-state index in [1.807, 2.05) is 24.3 Å². The van der Waals surface area contributed by atoms with Gasteiger partial charge in [0.25, 0.3) is 0 Å². The van der Waals surface area contributed by atoms with Gasteiger partial charge in [0.05, 0.1) is 16.5 Å². The van der Waals surface area contributed by atoms with E-state index in [-0.39, 0.29) is 10.7 Å². The van der Waals surface area contributed by atoms with Crippen LogP contribution in [0.4, 0.5) is 4.39 Å². The molecule has 0 atom stereocenters. The summed E-state index contributed by atoms with van der Waals surface area (Å²) >= 11 is 1.62. The largest absolute Gasteiger partial charge is 0.296 e. The Hall–Kier alpha value is -2.57. The first kappa shape index (κ1) is 20.7. The molecule has 1 aliphatic rings. The third-order valence-corrected chi connectivity index (χ3v) is 8.10. The lowest BCUT2D eigenvalue weighted by Crippen LogP contribution is -2.48. The highest BCUT2D eigenvalue weighted by atomic mass is 32.2. The monoisotopic (exact) mass is 441 g/mol. The number of benzene rings is 2. The van der Waals surface area contributed by atoms with Crippen LogP contribution < -0.4 is 0 Å². The molecule has 0 amide bonds. The molecule has 154 valence electrons. The number of hydrogen-bond donors (Lipinski definition) is 0. The van der Waals surface area contributed by atoms with E-state index in [1.54, 1.807) is 29.5 Å². The molecule has 5 nitrogen and oxygen atoms in total. The van der Waals surface area contributed by atoms with Crippen molar-refractivity contribution < 1.29 is 12.8 Å². The van der Waals surface area contributed by atoms with E-state index in [4.69, 9.17) is 5.26 Å². The summed E-state index contributed by atoms with van der Waals surface area (Å²) in [5, 5.41) is 9.02. The van der Waals surface area contributed by atoms with Crippen LogP contribution in [-0.2, 0) is 16.6 Å². The van der Waals surface area contributed by atoms with Gasteiger partial charge in [-0.05, 0) is 48.0 Å². The number of nitrogens with zero attached hydrogens (tertiary/aromatic N) is 3. The predicted octanol–water partition coefficient (Wildman–Crippen LogP) is 3.93. The van der Waals surface area contributed by atoms with Crippen molar-refractivity contribution in [2.24, 2.45) is 0 Å². The average molecular weight is 442 g/mol. The molecule has 8 heteroatoms. The lowest BCUT2D eigenvalue weighted by atomic mass is 10.2. The number of hydrogen-bond acceptors (Lipinski definition) is 5. The van der Waals surface area contributed by atoms with Gasteiger partial charge in [-0.15, -0.1) is 11.3 Å². The van der Waals surface area contributed by atoms with Gasteiger partial charge >= 0.3 is 0 Å². The molecule has 1 saturated heterocycles. The Morgan fingerprint density at radius 1 is 1.00 bits per heavy atom. The summed E-state index contributed by atoms with van der Waals surface area (Å²) in [5.41, 5.74) is 1.20. The summed E-state index contributed by atoms with van der Waals surface area (Å²) in [7, 11) is -3.60. The number of halogens is 1. The normalized spacial score (nSPS) is 15.7. The molecule has 0 spiro atoms. The van der Waals surface area contributed by atoms with Crippen molar-refractivity contribution in [1.82, 2.24) is 9.21 Å². The third kappa shape index (κ3) is 4.45. The van der Waals surface area contributed by atoms with E-state index in [2.05, 4.69) is 4.90 Å². The fourth-order valence-electron chi connectivity index (χ4n) is 3.48. The van der Waals surface area contributed by atoms with Crippen LogP contribution in [0.5, 0.6) is 0 Å². The van der Waals surface area contributed by atoms with Crippen molar-refractivity contribution in [3.8, 4) is 16.5 Å². The summed E-state index contributed by atoms with van der Waals surface area (Å²) in [6.07, 6.45) is 0. The number of sulfonamides is 1. The van der Waals surface area contributed by atoms with Gasteiger partial charge in [-0.25, -0.2) is 12.8 Å². The molecule has 0 aliphatic carbocycles. The SMILES string of the molecule is N#Cc1cccc(S(=O)(=O)N2CCN(Cc3ccc(-c4cccc(F)c4)s3)CC2)c1. The quantitative estimate of drug-likeness (QED) is 0.602. The Labute approximate surface area is 179 Å². The van der Waals surface area contributed by atoms with Crippen LogP contribution in [0, 0.1) is 17.1 Å². The van der Waals surface area contributed by atoms with Crippen LogP contribution in [-0.4, -0.2) is 43.8 Å². The molecule has 2 aromatic carbocycles. The molecule has 4 rings (SSSR count). The molecule has 30 heavy (non-hydrogen) atoms. The molecule has 1 aromatic heterocycles. The van der Waals surface area contributed by atoms with Crippen molar-refractivity contribution in [3.05, 3.63) is 76.9 Å². The molecule has 2 heterocycles. The highest BCUT2D eigenvalue weighted by Gasteiger charge is 2.28. The fourth-order valence-corrected chi connectivity index (χ4v) is 6.00. The van der Waals surface area contributed by atoms with Gasteiger partial charge < -0.3 is 0 Å². The number of thiophene rings is 1. The molecule has 0 saturated carbocycles. The summed E-state index contributed by atoms with van der Waals surface area (Å²) in [6.45, 7) is 2.80. The molecule has 0 radical (unpaired) electrons. The molecular formula is C22H20FN3O2S2. The van der Waals surface area contributed by atoms with Crippen LogP contribution in [0.15, 0.2) is 65.6 Å². The maximum atomic E-state index is 13.5. The zero-order chi connectivity index (χ0) is 21.1. The van der Waals surface area contributed by atoms with Crippen LogP contribution >= 0.6 is 11.3 Å². The minimum atomic E-state index is -3.60. The van der Waals surface area contributed by atoms with Gasteiger partial charge in [-0.1, -0.05) is 18.2 Å². The van der Waals surface area contributed by atoms with Crippen LogP contribution in [0.1, 0.15) is 10.4 Å². The minimum absolute atomic E-state index is 0.160. The van der Waals surface area contributed by atoms with E-state index in [1.165, 1.54) is 28.6 Å². The van der Waals surface area contributed by atoms with Gasteiger partial charge in [-0.2, -0.15) is 9.57 Å². The van der Waals surface area contributed by atoms with Gasteiger partial charge in [0.2, 0.25) is 10.0 Å². The molecule has 0 unspecified atom stereocenters. The minimum Gasteiger partial charge on any atom is -0.296 e. The first-order valence-electron chi connectivity index (χ1n) is 9.53. The lowest BCUT2D eigenvalue weighted by molar-refractivity contribution is 0.183. The molecule has 3 aromatic rings. The third-order valence-electron chi connectivity index (χ3n) is 5.08. The smallest absolute Gasteiger partial charge is 0.243 e. The Balaban J connectivity index is 1.39. The summed E-state index contributed by atoms with van der Waals surface area (Å²) in [6, 6.07) is 18.7. The van der Waals surface area contributed by atoms with E-state index in [0.717, 1.165) is 21.9 Å². The number of nitriles is 1. The second kappa shape index (κ2) is 8.66. The van der Waals surface area contributed by atoms with Gasteiger partial charge in [0.1, 0.15) is 5.82 Å². The average Bonchev–Trinajstić information content (AvgIpc) is 3.23.